The van der Waals surface area contributed by atoms with Gasteiger partial charge in [0.05, 0.1) is 17.9 Å². The number of aromatic nitrogens is 2. The molecule has 128 valence electrons. The Labute approximate surface area is 140 Å². The zero-order valence-electron chi connectivity index (χ0n) is 14.5. The van der Waals surface area contributed by atoms with Crippen LogP contribution in [0.25, 0.3) is 0 Å². The van der Waals surface area contributed by atoms with Crippen molar-refractivity contribution in [3.05, 3.63) is 11.3 Å². The molecule has 2 rings (SSSR count). The molecule has 5 nitrogen and oxygen atoms in total. The lowest BCUT2D eigenvalue weighted by molar-refractivity contribution is 0.274. The molecule has 2 N–H and O–H groups in total. The second-order valence-corrected chi connectivity index (χ2v) is 6.71. The highest BCUT2D eigenvalue weighted by Crippen LogP contribution is 2.27. The summed E-state index contributed by atoms with van der Waals surface area (Å²) in [5, 5.41) is 4.68. The van der Waals surface area contributed by atoms with E-state index >= 15 is 0 Å². The first-order chi connectivity index (χ1) is 9.92. The van der Waals surface area contributed by atoms with Gasteiger partial charge in [-0.25, -0.2) is 4.68 Å². The minimum absolute atomic E-state index is 0. The average Bonchev–Trinajstić information content (AvgIpc) is 2.84. The largest absolute Gasteiger partial charge is 0.478 e. The zero-order chi connectivity index (χ0) is 15.6. The van der Waals surface area contributed by atoms with Crippen molar-refractivity contribution in [2.45, 2.75) is 53.8 Å². The summed E-state index contributed by atoms with van der Waals surface area (Å²) in [5.74, 6) is 2.06. The molecule has 0 saturated carbocycles. The van der Waals surface area contributed by atoms with E-state index in [1.165, 1.54) is 5.56 Å². The van der Waals surface area contributed by atoms with Gasteiger partial charge in [-0.05, 0) is 25.7 Å². The maximum atomic E-state index is 6.13. The van der Waals surface area contributed by atoms with Crippen LogP contribution in [0.2, 0.25) is 0 Å². The summed E-state index contributed by atoms with van der Waals surface area (Å²) in [6, 6.07) is 0.284. The number of hydrogen-bond acceptors (Lipinski definition) is 4. The Hall–Kier alpha value is -0.780. The lowest BCUT2D eigenvalue weighted by atomic mass is 10.1. The van der Waals surface area contributed by atoms with Gasteiger partial charge in [0, 0.05) is 32.2 Å². The minimum Gasteiger partial charge on any atom is -0.478 e. The zero-order valence-corrected chi connectivity index (χ0v) is 15.3. The number of hydrogen-bond donors (Lipinski definition) is 1. The smallest absolute Gasteiger partial charge is 0.216 e. The Morgan fingerprint density at radius 2 is 2.05 bits per heavy atom. The van der Waals surface area contributed by atoms with Gasteiger partial charge in [-0.2, -0.15) is 5.10 Å². The van der Waals surface area contributed by atoms with Crippen molar-refractivity contribution in [2.24, 2.45) is 17.6 Å². The van der Waals surface area contributed by atoms with Gasteiger partial charge < -0.3 is 10.5 Å². The van der Waals surface area contributed by atoms with Crippen molar-refractivity contribution >= 4 is 12.4 Å². The fourth-order valence-electron chi connectivity index (χ4n) is 3.00. The molecule has 0 aliphatic carbocycles. The molecule has 1 aliphatic rings. The van der Waals surface area contributed by atoms with Gasteiger partial charge in [0.25, 0.3) is 0 Å². The number of halogens is 1. The third-order valence-electron chi connectivity index (χ3n) is 4.15. The molecule has 0 spiro atoms. The quantitative estimate of drug-likeness (QED) is 0.870. The number of nitrogens with zero attached hydrogens (tertiary/aromatic N) is 3. The van der Waals surface area contributed by atoms with E-state index in [0.29, 0.717) is 18.4 Å². The molecule has 1 saturated heterocycles. The Morgan fingerprint density at radius 3 is 2.55 bits per heavy atom. The number of rotatable bonds is 6. The lowest BCUT2D eigenvalue weighted by Gasteiger charge is -2.17. The van der Waals surface area contributed by atoms with E-state index in [9.17, 15) is 0 Å². The third kappa shape index (κ3) is 4.37. The van der Waals surface area contributed by atoms with Crippen LogP contribution in [-0.4, -0.2) is 40.4 Å². The van der Waals surface area contributed by atoms with E-state index in [4.69, 9.17) is 10.5 Å². The summed E-state index contributed by atoms with van der Waals surface area (Å²) in [7, 11) is 0. The first kappa shape index (κ1) is 19.3. The summed E-state index contributed by atoms with van der Waals surface area (Å²) in [6.45, 7) is 15.2. The minimum atomic E-state index is 0. The summed E-state index contributed by atoms with van der Waals surface area (Å²) >= 11 is 0. The maximum absolute atomic E-state index is 6.13. The van der Waals surface area contributed by atoms with Gasteiger partial charge in [0.2, 0.25) is 5.88 Å². The molecule has 1 aliphatic heterocycles. The van der Waals surface area contributed by atoms with E-state index in [-0.39, 0.29) is 18.4 Å². The van der Waals surface area contributed by atoms with Crippen LogP contribution >= 0.6 is 12.4 Å². The standard InChI is InChI=1S/C16H30N4O.ClH/c1-6-21-16-14(9-19-8-12(4)15(17)10-19)13(5)18-20(16)7-11(2)3;/h11-12,15H,6-10,17H2,1-5H3;1H. The van der Waals surface area contributed by atoms with E-state index in [1.54, 1.807) is 0 Å². The number of likely N-dealkylation sites (tertiary alicyclic amines) is 1. The second-order valence-electron chi connectivity index (χ2n) is 6.71. The lowest BCUT2D eigenvalue weighted by Crippen LogP contribution is -2.28. The summed E-state index contributed by atoms with van der Waals surface area (Å²) in [6.07, 6.45) is 0. The molecule has 0 aromatic carbocycles. The van der Waals surface area contributed by atoms with E-state index < -0.39 is 0 Å². The first-order valence-corrected chi connectivity index (χ1v) is 8.09. The molecule has 2 atom stereocenters. The highest BCUT2D eigenvalue weighted by Gasteiger charge is 2.28. The molecule has 22 heavy (non-hydrogen) atoms. The molecule has 1 fully saturated rings. The van der Waals surface area contributed by atoms with E-state index in [2.05, 4.69) is 37.7 Å². The van der Waals surface area contributed by atoms with Crippen molar-refractivity contribution in [2.75, 3.05) is 19.7 Å². The van der Waals surface area contributed by atoms with Gasteiger partial charge in [-0.15, -0.1) is 12.4 Å². The summed E-state index contributed by atoms with van der Waals surface area (Å²) < 4.78 is 7.92. The van der Waals surface area contributed by atoms with Crippen LogP contribution in [0.15, 0.2) is 0 Å². The Balaban J connectivity index is 0.00000242. The fourth-order valence-corrected chi connectivity index (χ4v) is 3.00. The van der Waals surface area contributed by atoms with Crippen LogP contribution < -0.4 is 10.5 Å². The number of ether oxygens (including phenoxy) is 1. The van der Waals surface area contributed by atoms with E-state index in [1.807, 2.05) is 11.6 Å². The van der Waals surface area contributed by atoms with Crippen LogP contribution in [0.4, 0.5) is 0 Å². The predicted octanol–water partition coefficient (Wildman–Crippen LogP) is 2.45. The van der Waals surface area contributed by atoms with Crippen LogP contribution in [0.3, 0.4) is 0 Å². The van der Waals surface area contributed by atoms with Gasteiger partial charge in [-0.3, -0.25) is 4.90 Å². The molecule has 1 aromatic rings. The fraction of sp³-hybridized carbons (Fsp3) is 0.812. The summed E-state index contributed by atoms with van der Waals surface area (Å²) in [4.78, 5) is 2.42. The van der Waals surface area contributed by atoms with E-state index in [0.717, 1.165) is 37.8 Å². The van der Waals surface area contributed by atoms with Crippen molar-refractivity contribution in [3.63, 3.8) is 0 Å². The topological polar surface area (TPSA) is 56.3 Å². The molecule has 0 bridgehead atoms. The Bertz CT molecular complexity index is 465. The van der Waals surface area contributed by atoms with Gasteiger partial charge >= 0.3 is 0 Å². The Kier molecular flexibility index (Phi) is 7.16. The SMILES string of the molecule is CCOc1c(CN2CC(C)C(N)C2)c(C)nn1CC(C)C.Cl. The first-order valence-electron chi connectivity index (χ1n) is 8.09. The highest BCUT2D eigenvalue weighted by atomic mass is 35.5. The van der Waals surface area contributed by atoms with Crippen LogP contribution in [-0.2, 0) is 13.1 Å². The van der Waals surface area contributed by atoms with Crippen LogP contribution in [0, 0.1) is 18.8 Å². The molecular formula is C16H31ClN4O. The molecule has 1 aromatic heterocycles. The summed E-state index contributed by atoms with van der Waals surface area (Å²) in [5.41, 5.74) is 8.43. The molecule has 0 radical (unpaired) electrons. The monoisotopic (exact) mass is 330 g/mol. The van der Waals surface area contributed by atoms with Crippen molar-refractivity contribution in [1.82, 2.24) is 14.7 Å². The molecule has 2 unspecified atom stereocenters. The van der Waals surface area contributed by atoms with Crippen LogP contribution in [0.1, 0.15) is 39.0 Å². The number of nitrogens with two attached hydrogens (primary N) is 1. The van der Waals surface area contributed by atoms with Crippen molar-refractivity contribution in [3.8, 4) is 5.88 Å². The van der Waals surface area contributed by atoms with Crippen molar-refractivity contribution in [1.29, 1.82) is 0 Å². The third-order valence-corrected chi connectivity index (χ3v) is 4.15. The van der Waals surface area contributed by atoms with Gasteiger partial charge in [-0.1, -0.05) is 20.8 Å². The predicted molar refractivity (Wildman–Crippen MR) is 92.6 cm³/mol. The second kappa shape index (κ2) is 8.18. The van der Waals surface area contributed by atoms with Crippen LogP contribution in [0.5, 0.6) is 5.88 Å². The molecular weight excluding hydrogens is 300 g/mol. The van der Waals surface area contributed by atoms with Crippen molar-refractivity contribution < 1.29 is 4.74 Å². The Morgan fingerprint density at radius 1 is 1.36 bits per heavy atom. The maximum Gasteiger partial charge on any atom is 0.216 e. The molecule has 6 heteroatoms. The van der Waals surface area contributed by atoms with Gasteiger partial charge in [0.1, 0.15) is 0 Å². The highest BCUT2D eigenvalue weighted by molar-refractivity contribution is 5.85. The average molecular weight is 331 g/mol. The number of aryl methyl sites for hydroxylation is 1. The molecule has 0 amide bonds. The normalized spacial score (nSPS) is 22.1. The van der Waals surface area contributed by atoms with Gasteiger partial charge in [0.15, 0.2) is 0 Å². The molecule has 2 heterocycles.